The van der Waals surface area contributed by atoms with Crippen molar-refractivity contribution >= 4 is 16.6 Å². The first kappa shape index (κ1) is 12.1. The number of pyridine rings is 1. The number of hydrogen-bond acceptors (Lipinski definition) is 3. The predicted molar refractivity (Wildman–Crippen MR) is 60.8 cm³/mol. The number of hydrogen-bond donors (Lipinski definition) is 1. The Bertz CT molecular complexity index is 346. The van der Waals surface area contributed by atoms with Crippen molar-refractivity contribution in [1.82, 2.24) is 4.98 Å². The Labute approximate surface area is 91.6 Å². The van der Waals surface area contributed by atoms with E-state index in [0.29, 0.717) is 6.54 Å². The molecule has 0 spiro atoms. The molecule has 0 bridgehead atoms. The highest BCUT2D eigenvalue weighted by Gasteiger charge is 2.06. The molecule has 2 atom stereocenters. The number of rotatable bonds is 5. The van der Waals surface area contributed by atoms with E-state index in [0.717, 1.165) is 6.42 Å². The Morgan fingerprint density at radius 2 is 2.40 bits per heavy atom. The van der Waals surface area contributed by atoms with Crippen molar-refractivity contribution in [3.05, 3.63) is 24.1 Å². The zero-order valence-electron chi connectivity index (χ0n) is 8.87. The van der Waals surface area contributed by atoms with Crippen LogP contribution in [0.15, 0.2) is 18.3 Å². The fraction of sp³-hybridized carbons (Fsp3) is 0.500. The van der Waals surface area contributed by atoms with E-state index >= 15 is 0 Å². The van der Waals surface area contributed by atoms with Crippen molar-refractivity contribution in [3.63, 3.8) is 0 Å². The van der Waals surface area contributed by atoms with Gasteiger partial charge in [-0.2, -0.15) is 0 Å². The van der Waals surface area contributed by atoms with Gasteiger partial charge in [0.1, 0.15) is 0 Å². The van der Waals surface area contributed by atoms with Gasteiger partial charge in [0.05, 0.1) is 0 Å². The lowest BCUT2D eigenvalue weighted by Gasteiger charge is -2.09. The van der Waals surface area contributed by atoms with Crippen molar-refractivity contribution in [2.24, 2.45) is 0 Å². The molecule has 15 heavy (non-hydrogen) atoms. The third kappa shape index (κ3) is 3.95. The molecule has 0 aliphatic heterocycles. The molecule has 0 fully saturated rings. The van der Waals surface area contributed by atoms with Crippen LogP contribution in [0.1, 0.15) is 13.3 Å². The molecule has 84 valence electrons. The van der Waals surface area contributed by atoms with Gasteiger partial charge >= 0.3 is 0 Å². The van der Waals surface area contributed by atoms with Gasteiger partial charge in [-0.25, -0.2) is 9.37 Å². The van der Waals surface area contributed by atoms with Crippen LogP contribution in [0.4, 0.5) is 10.2 Å². The van der Waals surface area contributed by atoms with Gasteiger partial charge in [-0.3, -0.25) is 4.21 Å². The number of nitrogens with one attached hydrogen (secondary N) is 1. The summed E-state index contributed by atoms with van der Waals surface area (Å²) in [5.74, 6) is -0.102. The maximum absolute atomic E-state index is 13.1. The topological polar surface area (TPSA) is 42.0 Å². The van der Waals surface area contributed by atoms with Gasteiger partial charge in [0.25, 0.3) is 0 Å². The summed E-state index contributed by atoms with van der Waals surface area (Å²) in [6.45, 7) is 2.49. The Hall–Kier alpha value is -0.970. The van der Waals surface area contributed by atoms with Crippen LogP contribution < -0.4 is 5.32 Å². The molecular formula is C10H15FN2OS. The van der Waals surface area contributed by atoms with Crippen molar-refractivity contribution in [2.45, 2.75) is 18.6 Å². The van der Waals surface area contributed by atoms with Crippen LogP contribution in [0, 0.1) is 5.82 Å². The summed E-state index contributed by atoms with van der Waals surface area (Å²) < 4.78 is 24.1. The molecule has 1 heterocycles. The molecule has 2 unspecified atom stereocenters. The first-order valence-corrected chi connectivity index (χ1v) is 6.40. The fourth-order valence-corrected chi connectivity index (χ4v) is 1.53. The molecule has 0 saturated carbocycles. The van der Waals surface area contributed by atoms with Gasteiger partial charge in [-0.05, 0) is 18.6 Å². The van der Waals surface area contributed by atoms with Crippen LogP contribution in [-0.2, 0) is 10.8 Å². The largest absolute Gasteiger partial charge is 0.368 e. The molecule has 5 heteroatoms. The Balaban J connectivity index is 2.38. The molecule has 0 amide bonds. The second-order valence-corrected chi connectivity index (χ2v) is 5.16. The molecule has 3 nitrogen and oxygen atoms in total. The van der Waals surface area contributed by atoms with Crippen molar-refractivity contribution in [3.8, 4) is 0 Å². The lowest BCUT2D eigenvalue weighted by molar-refractivity contribution is 0.623. The van der Waals surface area contributed by atoms with Crippen molar-refractivity contribution in [2.75, 3.05) is 18.1 Å². The maximum atomic E-state index is 13.1. The van der Waals surface area contributed by atoms with Crippen molar-refractivity contribution in [1.29, 1.82) is 0 Å². The summed E-state index contributed by atoms with van der Waals surface area (Å²) in [5.41, 5.74) is 0. The van der Waals surface area contributed by atoms with E-state index in [1.807, 2.05) is 6.92 Å². The lowest BCUT2D eigenvalue weighted by atomic mass is 10.3. The van der Waals surface area contributed by atoms with Gasteiger partial charge in [-0.15, -0.1) is 0 Å². The summed E-state index contributed by atoms with van der Waals surface area (Å²) in [4.78, 5) is 3.86. The second kappa shape index (κ2) is 5.80. The summed E-state index contributed by atoms with van der Waals surface area (Å²) in [6, 6.07) is 2.90. The second-order valence-electron chi connectivity index (χ2n) is 3.36. The predicted octanol–water partition coefficient (Wildman–Crippen LogP) is 1.79. The van der Waals surface area contributed by atoms with E-state index in [2.05, 4.69) is 10.3 Å². The van der Waals surface area contributed by atoms with Gasteiger partial charge in [-0.1, -0.05) is 6.92 Å². The molecule has 1 rings (SSSR count). The smallest absolute Gasteiger partial charge is 0.165 e. The molecule has 0 aliphatic carbocycles. The van der Waals surface area contributed by atoms with Crippen LogP contribution in [0.2, 0.25) is 0 Å². The zero-order valence-corrected chi connectivity index (χ0v) is 9.68. The third-order valence-corrected chi connectivity index (χ3v) is 3.54. The molecule has 1 aromatic rings. The quantitative estimate of drug-likeness (QED) is 0.838. The standard InChI is InChI=1S/C10H15FN2OS/c1-8(15(2)14)5-7-13-10-9(11)4-3-6-12-10/h3-4,6,8H,5,7H2,1-2H3,(H,12,13). The fourth-order valence-electron chi connectivity index (χ4n) is 1.08. The highest BCUT2D eigenvalue weighted by atomic mass is 32.2. The summed E-state index contributed by atoms with van der Waals surface area (Å²) in [5, 5.41) is 2.99. The van der Waals surface area contributed by atoms with Crippen LogP contribution in [0.25, 0.3) is 0 Å². The molecular weight excluding hydrogens is 215 g/mol. The third-order valence-electron chi connectivity index (χ3n) is 2.17. The lowest BCUT2D eigenvalue weighted by Crippen LogP contribution is -2.15. The van der Waals surface area contributed by atoms with Gasteiger partial charge in [0.15, 0.2) is 11.6 Å². The van der Waals surface area contributed by atoms with E-state index in [1.54, 1.807) is 12.3 Å². The number of aromatic nitrogens is 1. The molecule has 0 radical (unpaired) electrons. The van der Waals surface area contributed by atoms with Crippen LogP contribution in [-0.4, -0.2) is 27.2 Å². The highest BCUT2D eigenvalue weighted by molar-refractivity contribution is 7.84. The van der Waals surface area contributed by atoms with Gasteiger partial charge < -0.3 is 5.32 Å². The summed E-state index contributed by atoms with van der Waals surface area (Å²) >= 11 is 0. The molecule has 0 saturated heterocycles. The van der Waals surface area contributed by atoms with Crippen LogP contribution in [0.3, 0.4) is 0 Å². The summed E-state index contributed by atoms with van der Waals surface area (Å²) in [6.07, 6.45) is 3.94. The van der Waals surface area contributed by atoms with Gasteiger partial charge in [0, 0.05) is 35.0 Å². The van der Waals surface area contributed by atoms with E-state index in [1.165, 1.54) is 12.3 Å². The average molecular weight is 230 g/mol. The van der Waals surface area contributed by atoms with Crippen LogP contribution in [0.5, 0.6) is 0 Å². The molecule has 0 aliphatic rings. The minimum Gasteiger partial charge on any atom is -0.368 e. The number of anilines is 1. The number of halogens is 1. The number of nitrogens with zero attached hydrogens (tertiary/aromatic N) is 1. The zero-order chi connectivity index (χ0) is 11.3. The highest BCUT2D eigenvalue weighted by Crippen LogP contribution is 2.08. The van der Waals surface area contributed by atoms with E-state index in [-0.39, 0.29) is 16.9 Å². The minimum absolute atomic E-state index is 0.115. The van der Waals surface area contributed by atoms with Gasteiger partial charge in [0.2, 0.25) is 0 Å². The Morgan fingerprint density at radius 1 is 1.67 bits per heavy atom. The first-order chi connectivity index (χ1) is 7.11. The SMILES string of the molecule is CC(CCNc1ncccc1F)S(C)=O. The molecule has 1 aromatic heterocycles. The Kier molecular flexibility index (Phi) is 4.68. The first-order valence-electron chi connectivity index (χ1n) is 4.78. The molecule has 1 N–H and O–H groups in total. The maximum Gasteiger partial charge on any atom is 0.165 e. The van der Waals surface area contributed by atoms with Crippen molar-refractivity contribution < 1.29 is 8.60 Å². The normalized spacial score (nSPS) is 14.6. The average Bonchev–Trinajstić information content (AvgIpc) is 2.20. The Morgan fingerprint density at radius 3 is 3.00 bits per heavy atom. The molecule has 0 aromatic carbocycles. The van der Waals surface area contributed by atoms with E-state index < -0.39 is 10.8 Å². The van der Waals surface area contributed by atoms with E-state index in [9.17, 15) is 8.60 Å². The van der Waals surface area contributed by atoms with E-state index in [4.69, 9.17) is 0 Å². The summed E-state index contributed by atoms with van der Waals surface area (Å²) in [7, 11) is -0.828. The van der Waals surface area contributed by atoms with Crippen LogP contribution >= 0.6 is 0 Å². The monoisotopic (exact) mass is 230 g/mol. The minimum atomic E-state index is -0.828.